The van der Waals surface area contributed by atoms with E-state index in [1.165, 1.54) is 0 Å². The summed E-state index contributed by atoms with van der Waals surface area (Å²) in [6.07, 6.45) is 2.17. The quantitative estimate of drug-likeness (QED) is 0.774. The fourth-order valence-corrected chi connectivity index (χ4v) is 1.51. The number of aromatic nitrogens is 2. The number of imidazole rings is 1. The van der Waals surface area contributed by atoms with Gasteiger partial charge in [-0.25, -0.2) is 9.78 Å². The predicted octanol–water partition coefficient (Wildman–Crippen LogP) is 2.11. The number of carboxylic acid groups (broad SMARTS) is 1. The molecule has 0 atom stereocenters. The third-order valence-electron chi connectivity index (χ3n) is 2.49. The Labute approximate surface area is 82.4 Å². The molecule has 0 aliphatic heterocycles. The van der Waals surface area contributed by atoms with E-state index < -0.39 is 5.97 Å². The number of H-pyrrole nitrogens is 1. The molecular formula is C10H14N2O2. The van der Waals surface area contributed by atoms with Crippen molar-refractivity contribution in [1.82, 2.24) is 9.97 Å². The largest absolute Gasteiger partial charge is 0.476 e. The van der Waals surface area contributed by atoms with Gasteiger partial charge in [0, 0.05) is 11.8 Å². The second-order valence-corrected chi connectivity index (χ2v) is 4.12. The first kappa shape index (κ1) is 9.24. The molecule has 1 aromatic rings. The van der Waals surface area contributed by atoms with E-state index in [1.54, 1.807) is 0 Å². The van der Waals surface area contributed by atoms with Gasteiger partial charge in [0.2, 0.25) is 0 Å². The SMILES string of the molecule is CC(C)c1nc(C(=O)O)c(C2CC2)[nH]1. The van der Waals surface area contributed by atoms with Gasteiger partial charge in [-0.15, -0.1) is 0 Å². The van der Waals surface area contributed by atoms with Crippen LogP contribution >= 0.6 is 0 Å². The summed E-state index contributed by atoms with van der Waals surface area (Å²) in [6.45, 7) is 4.00. The Morgan fingerprint density at radius 3 is 2.64 bits per heavy atom. The molecule has 2 N–H and O–H groups in total. The highest BCUT2D eigenvalue weighted by atomic mass is 16.4. The molecule has 1 aliphatic rings. The fraction of sp³-hybridized carbons (Fsp3) is 0.600. The minimum atomic E-state index is -0.921. The molecule has 0 spiro atoms. The molecule has 0 bridgehead atoms. The van der Waals surface area contributed by atoms with Crippen LogP contribution in [0.5, 0.6) is 0 Å². The Morgan fingerprint density at radius 2 is 2.21 bits per heavy atom. The second-order valence-electron chi connectivity index (χ2n) is 4.12. The molecule has 14 heavy (non-hydrogen) atoms. The predicted molar refractivity (Wildman–Crippen MR) is 51.6 cm³/mol. The maximum Gasteiger partial charge on any atom is 0.356 e. The number of nitrogens with zero attached hydrogens (tertiary/aromatic N) is 1. The van der Waals surface area contributed by atoms with Crippen LogP contribution in [0.1, 0.15) is 60.5 Å². The van der Waals surface area contributed by atoms with Crippen LogP contribution in [0, 0.1) is 0 Å². The van der Waals surface area contributed by atoms with Gasteiger partial charge in [0.1, 0.15) is 5.82 Å². The van der Waals surface area contributed by atoms with Crippen molar-refractivity contribution < 1.29 is 9.90 Å². The van der Waals surface area contributed by atoms with E-state index in [2.05, 4.69) is 9.97 Å². The van der Waals surface area contributed by atoms with Crippen molar-refractivity contribution in [2.24, 2.45) is 0 Å². The van der Waals surface area contributed by atoms with Crippen LogP contribution in [0.4, 0.5) is 0 Å². The van der Waals surface area contributed by atoms with Gasteiger partial charge in [0.05, 0.1) is 5.69 Å². The lowest BCUT2D eigenvalue weighted by Gasteiger charge is -1.96. The highest BCUT2D eigenvalue weighted by molar-refractivity contribution is 5.87. The molecule has 4 heteroatoms. The first-order valence-electron chi connectivity index (χ1n) is 4.92. The van der Waals surface area contributed by atoms with Crippen LogP contribution in [0.3, 0.4) is 0 Å². The van der Waals surface area contributed by atoms with E-state index in [0.29, 0.717) is 5.92 Å². The highest BCUT2D eigenvalue weighted by Crippen LogP contribution is 2.41. The van der Waals surface area contributed by atoms with Crippen molar-refractivity contribution in [3.05, 3.63) is 17.2 Å². The van der Waals surface area contributed by atoms with Crippen LogP contribution in [0.15, 0.2) is 0 Å². The smallest absolute Gasteiger partial charge is 0.356 e. The third kappa shape index (κ3) is 1.52. The summed E-state index contributed by atoms with van der Waals surface area (Å²) in [4.78, 5) is 18.2. The summed E-state index contributed by atoms with van der Waals surface area (Å²) in [5.41, 5.74) is 1.04. The summed E-state index contributed by atoms with van der Waals surface area (Å²) >= 11 is 0. The van der Waals surface area contributed by atoms with Crippen LogP contribution in [0.25, 0.3) is 0 Å². The molecule has 0 aromatic carbocycles. The maximum atomic E-state index is 10.9. The summed E-state index contributed by atoms with van der Waals surface area (Å²) in [7, 11) is 0. The van der Waals surface area contributed by atoms with E-state index in [0.717, 1.165) is 24.4 Å². The zero-order valence-electron chi connectivity index (χ0n) is 8.37. The summed E-state index contributed by atoms with van der Waals surface area (Å²) in [5, 5.41) is 8.95. The zero-order chi connectivity index (χ0) is 10.3. The van der Waals surface area contributed by atoms with E-state index in [9.17, 15) is 4.79 Å². The minimum absolute atomic E-state index is 0.219. The van der Waals surface area contributed by atoms with E-state index >= 15 is 0 Å². The molecule has 1 aromatic heterocycles. The summed E-state index contributed by atoms with van der Waals surface area (Å²) in [6, 6.07) is 0. The second kappa shape index (κ2) is 3.12. The van der Waals surface area contributed by atoms with Gasteiger partial charge in [-0.2, -0.15) is 0 Å². The standard InChI is InChI=1S/C10H14N2O2/c1-5(2)9-11-7(6-3-4-6)8(12-9)10(13)14/h5-6H,3-4H2,1-2H3,(H,11,12)(H,13,14). The van der Waals surface area contributed by atoms with Crippen LogP contribution in [0.2, 0.25) is 0 Å². The fourth-order valence-electron chi connectivity index (χ4n) is 1.51. The number of carboxylic acids is 1. The van der Waals surface area contributed by atoms with Crippen molar-refractivity contribution in [2.75, 3.05) is 0 Å². The van der Waals surface area contributed by atoms with Crippen molar-refractivity contribution >= 4 is 5.97 Å². The first-order valence-corrected chi connectivity index (χ1v) is 4.92. The van der Waals surface area contributed by atoms with Crippen molar-refractivity contribution in [3.63, 3.8) is 0 Å². The average molecular weight is 194 g/mol. The van der Waals surface area contributed by atoms with Crippen LogP contribution < -0.4 is 0 Å². The normalized spacial score (nSPS) is 16.2. The lowest BCUT2D eigenvalue weighted by Crippen LogP contribution is -2.00. The summed E-state index contributed by atoms with van der Waals surface area (Å²) < 4.78 is 0. The lowest BCUT2D eigenvalue weighted by molar-refractivity contribution is 0.0689. The van der Waals surface area contributed by atoms with E-state index in [1.807, 2.05) is 13.8 Å². The number of carbonyl (C=O) groups is 1. The molecule has 0 amide bonds. The molecule has 0 saturated heterocycles. The molecule has 2 rings (SSSR count). The van der Waals surface area contributed by atoms with Gasteiger partial charge in [-0.05, 0) is 12.8 Å². The molecule has 0 radical (unpaired) electrons. The van der Waals surface area contributed by atoms with Gasteiger partial charge in [0.15, 0.2) is 5.69 Å². The molecule has 1 fully saturated rings. The lowest BCUT2D eigenvalue weighted by atomic mass is 10.2. The molecule has 1 aliphatic carbocycles. The third-order valence-corrected chi connectivity index (χ3v) is 2.49. The molecule has 1 saturated carbocycles. The number of hydrogen-bond acceptors (Lipinski definition) is 2. The van der Waals surface area contributed by atoms with Gasteiger partial charge >= 0.3 is 5.97 Å². The number of hydrogen-bond donors (Lipinski definition) is 2. The monoisotopic (exact) mass is 194 g/mol. The number of rotatable bonds is 3. The van der Waals surface area contributed by atoms with Crippen molar-refractivity contribution in [1.29, 1.82) is 0 Å². The molecular weight excluding hydrogens is 180 g/mol. The first-order chi connectivity index (χ1) is 6.59. The van der Waals surface area contributed by atoms with Gasteiger partial charge in [0.25, 0.3) is 0 Å². The Morgan fingerprint density at radius 1 is 1.57 bits per heavy atom. The molecule has 0 unspecified atom stereocenters. The van der Waals surface area contributed by atoms with Crippen molar-refractivity contribution in [2.45, 2.75) is 38.5 Å². The van der Waals surface area contributed by atoms with Gasteiger partial charge in [-0.3, -0.25) is 0 Å². The van der Waals surface area contributed by atoms with Gasteiger partial charge in [-0.1, -0.05) is 13.8 Å². The maximum absolute atomic E-state index is 10.9. The number of aromatic amines is 1. The highest BCUT2D eigenvalue weighted by Gasteiger charge is 2.31. The topological polar surface area (TPSA) is 66.0 Å². The Kier molecular flexibility index (Phi) is 2.06. The minimum Gasteiger partial charge on any atom is -0.476 e. The number of nitrogens with one attached hydrogen (secondary N) is 1. The molecule has 1 heterocycles. The Balaban J connectivity index is 2.40. The molecule has 4 nitrogen and oxygen atoms in total. The Hall–Kier alpha value is -1.32. The summed E-state index contributed by atoms with van der Waals surface area (Å²) in [5.74, 6) is 0.515. The van der Waals surface area contributed by atoms with Crippen molar-refractivity contribution in [3.8, 4) is 0 Å². The van der Waals surface area contributed by atoms with Gasteiger partial charge < -0.3 is 10.1 Å². The number of aromatic carboxylic acids is 1. The van der Waals surface area contributed by atoms with Crippen LogP contribution in [-0.4, -0.2) is 21.0 Å². The van der Waals surface area contributed by atoms with Crippen LogP contribution in [-0.2, 0) is 0 Å². The average Bonchev–Trinajstić information content (AvgIpc) is 2.83. The molecule has 76 valence electrons. The van der Waals surface area contributed by atoms with E-state index in [4.69, 9.17) is 5.11 Å². The van der Waals surface area contributed by atoms with E-state index in [-0.39, 0.29) is 11.6 Å². The zero-order valence-corrected chi connectivity index (χ0v) is 8.37. The Bertz CT molecular complexity index is 364.